The summed E-state index contributed by atoms with van der Waals surface area (Å²) in [6, 6.07) is 10.1. The van der Waals surface area contributed by atoms with Crippen LogP contribution >= 0.6 is 0 Å². The molecule has 0 atom stereocenters. The van der Waals surface area contributed by atoms with Gasteiger partial charge in [0.15, 0.2) is 11.5 Å². The molecule has 0 fully saturated rings. The van der Waals surface area contributed by atoms with E-state index in [-0.39, 0.29) is 11.3 Å². The average Bonchev–Trinajstić information content (AvgIpc) is 2.50. The number of nitrogens with one attached hydrogen (secondary N) is 2. The van der Waals surface area contributed by atoms with Gasteiger partial charge in [-0.25, -0.2) is 0 Å². The molecule has 1 aliphatic heterocycles. The normalized spacial score (nSPS) is 13.1. The molecule has 0 spiro atoms. The smallest absolute Gasteiger partial charge is 0.259 e. The Bertz CT molecular complexity index is 698. The number of hydrogen-bond donors (Lipinski definition) is 4. The fraction of sp³-hybridized carbons (Fsp3) is 0.188. The van der Waals surface area contributed by atoms with E-state index in [0.717, 1.165) is 25.1 Å². The Morgan fingerprint density at radius 2 is 1.95 bits per heavy atom. The van der Waals surface area contributed by atoms with Gasteiger partial charge in [-0.1, -0.05) is 18.2 Å². The monoisotopic (exact) mass is 284 g/mol. The first-order chi connectivity index (χ1) is 10.2. The average molecular weight is 284 g/mol. The molecule has 1 amide bonds. The van der Waals surface area contributed by atoms with Gasteiger partial charge in [0.2, 0.25) is 0 Å². The van der Waals surface area contributed by atoms with Gasteiger partial charge in [-0.15, -0.1) is 0 Å². The van der Waals surface area contributed by atoms with Crippen molar-refractivity contribution in [1.82, 2.24) is 0 Å². The van der Waals surface area contributed by atoms with Gasteiger partial charge >= 0.3 is 0 Å². The third kappa shape index (κ3) is 2.50. The van der Waals surface area contributed by atoms with Crippen LogP contribution in [-0.4, -0.2) is 22.7 Å². The molecule has 2 aromatic carbocycles. The second-order valence-electron chi connectivity index (χ2n) is 5.00. The zero-order chi connectivity index (χ0) is 14.8. The fourth-order valence-electron chi connectivity index (χ4n) is 2.52. The summed E-state index contributed by atoms with van der Waals surface area (Å²) in [4.78, 5) is 12.3. The number of para-hydroxylation sites is 2. The molecular weight excluding hydrogens is 268 g/mol. The minimum atomic E-state index is -0.454. The Kier molecular flexibility index (Phi) is 3.39. The van der Waals surface area contributed by atoms with Crippen molar-refractivity contribution in [3.63, 3.8) is 0 Å². The number of fused-ring (bicyclic) bond motifs is 1. The minimum absolute atomic E-state index is 0.0448. The molecule has 1 heterocycles. The van der Waals surface area contributed by atoms with Crippen molar-refractivity contribution in [2.24, 2.45) is 0 Å². The number of amides is 1. The van der Waals surface area contributed by atoms with Crippen molar-refractivity contribution in [3.05, 3.63) is 47.5 Å². The molecule has 21 heavy (non-hydrogen) atoms. The number of benzene rings is 2. The molecule has 0 saturated heterocycles. The Morgan fingerprint density at radius 1 is 1.14 bits per heavy atom. The first-order valence-corrected chi connectivity index (χ1v) is 6.85. The molecule has 0 saturated carbocycles. The standard InChI is InChI=1S/C16H16N2O3/c19-13-8-2-6-11(15(13)20)16(21)18-12-7-1-4-10-5-3-9-17-14(10)12/h1-2,4,6-8,17,19-20H,3,5,9H2,(H,18,21). The number of carbonyl (C=O) groups excluding carboxylic acids is 1. The molecule has 1 aliphatic rings. The molecule has 3 rings (SSSR count). The van der Waals surface area contributed by atoms with Crippen molar-refractivity contribution in [2.75, 3.05) is 17.2 Å². The molecule has 0 aromatic heterocycles. The highest BCUT2D eigenvalue weighted by molar-refractivity contribution is 6.08. The third-order valence-electron chi connectivity index (χ3n) is 3.58. The Balaban J connectivity index is 1.90. The number of anilines is 2. The first kappa shape index (κ1) is 13.3. The molecule has 0 bridgehead atoms. The van der Waals surface area contributed by atoms with Crippen LogP contribution in [0.3, 0.4) is 0 Å². The van der Waals surface area contributed by atoms with E-state index in [1.807, 2.05) is 18.2 Å². The summed E-state index contributed by atoms with van der Waals surface area (Å²) in [7, 11) is 0. The number of carbonyl (C=O) groups is 1. The van der Waals surface area contributed by atoms with Crippen molar-refractivity contribution in [1.29, 1.82) is 0 Å². The summed E-state index contributed by atoms with van der Waals surface area (Å²) in [5, 5.41) is 25.3. The number of rotatable bonds is 2. The highest BCUT2D eigenvalue weighted by Crippen LogP contribution is 2.32. The number of phenols is 2. The summed E-state index contributed by atoms with van der Waals surface area (Å²) in [6.07, 6.45) is 2.04. The van der Waals surface area contributed by atoms with Crippen LogP contribution in [0, 0.1) is 0 Å². The molecule has 5 nitrogen and oxygen atoms in total. The second-order valence-corrected chi connectivity index (χ2v) is 5.00. The summed E-state index contributed by atoms with van der Waals surface area (Å²) >= 11 is 0. The maximum Gasteiger partial charge on any atom is 0.259 e. The summed E-state index contributed by atoms with van der Waals surface area (Å²) in [5.41, 5.74) is 2.82. The predicted octanol–water partition coefficient (Wildman–Crippen LogP) is 2.71. The van der Waals surface area contributed by atoms with Gasteiger partial charge in [0.25, 0.3) is 5.91 Å². The Hall–Kier alpha value is -2.69. The van der Waals surface area contributed by atoms with Crippen LogP contribution in [0.15, 0.2) is 36.4 Å². The van der Waals surface area contributed by atoms with Gasteiger partial charge in [-0.2, -0.15) is 0 Å². The largest absolute Gasteiger partial charge is 0.504 e. The van der Waals surface area contributed by atoms with Crippen LogP contribution < -0.4 is 10.6 Å². The zero-order valence-corrected chi connectivity index (χ0v) is 11.4. The molecule has 0 aliphatic carbocycles. The van der Waals surface area contributed by atoms with Crippen molar-refractivity contribution in [2.45, 2.75) is 12.8 Å². The SMILES string of the molecule is O=C(Nc1cccc2c1NCCC2)c1cccc(O)c1O. The van der Waals surface area contributed by atoms with Gasteiger partial charge in [0.1, 0.15) is 0 Å². The number of hydrogen-bond acceptors (Lipinski definition) is 4. The van der Waals surface area contributed by atoms with E-state index in [0.29, 0.717) is 5.69 Å². The zero-order valence-electron chi connectivity index (χ0n) is 11.4. The van der Waals surface area contributed by atoms with Gasteiger partial charge in [-0.05, 0) is 36.6 Å². The van der Waals surface area contributed by atoms with Gasteiger partial charge in [0, 0.05) is 6.54 Å². The number of aryl methyl sites for hydroxylation is 1. The molecule has 4 N–H and O–H groups in total. The number of phenolic OH excluding ortho intramolecular Hbond substituents is 2. The van der Waals surface area contributed by atoms with Crippen molar-refractivity contribution < 1.29 is 15.0 Å². The van der Waals surface area contributed by atoms with E-state index in [4.69, 9.17) is 0 Å². The van der Waals surface area contributed by atoms with E-state index in [1.54, 1.807) is 0 Å². The summed E-state index contributed by atoms with van der Waals surface area (Å²) in [6.45, 7) is 0.872. The quantitative estimate of drug-likeness (QED) is 0.639. The lowest BCUT2D eigenvalue weighted by molar-refractivity contribution is 0.102. The van der Waals surface area contributed by atoms with Crippen molar-refractivity contribution in [3.8, 4) is 11.5 Å². The lowest BCUT2D eigenvalue weighted by atomic mass is 10.0. The van der Waals surface area contributed by atoms with Gasteiger partial charge < -0.3 is 20.8 Å². The van der Waals surface area contributed by atoms with Crippen LogP contribution in [-0.2, 0) is 6.42 Å². The van der Waals surface area contributed by atoms with Gasteiger partial charge in [-0.3, -0.25) is 4.79 Å². The van der Waals surface area contributed by atoms with Gasteiger partial charge in [0.05, 0.1) is 16.9 Å². The summed E-state index contributed by atoms with van der Waals surface area (Å²) < 4.78 is 0. The lowest BCUT2D eigenvalue weighted by Gasteiger charge is -2.21. The molecule has 0 radical (unpaired) electrons. The number of aromatic hydroxyl groups is 2. The maximum atomic E-state index is 12.3. The molecular formula is C16H16N2O3. The van der Waals surface area contributed by atoms with E-state index < -0.39 is 11.7 Å². The molecule has 5 heteroatoms. The topological polar surface area (TPSA) is 81.6 Å². The lowest BCUT2D eigenvalue weighted by Crippen LogP contribution is -2.17. The molecule has 108 valence electrons. The maximum absolute atomic E-state index is 12.3. The van der Waals surface area contributed by atoms with Crippen LogP contribution in [0.4, 0.5) is 11.4 Å². The minimum Gasteiger partial charge on any atom is -0.504 e. The second kappa shape index (κ2) is 5.36. The van der Waals surface area contributed by atoms with Crippen molar-refractivity contribution >= 4 is 17.3 Å². The molecule has 2 aromatic rings. The van der Waals surface area contributed by atoms with Crippen LogP contribution in [0.25, 0.3) is 0 Å². The summed E-state index contributed by atoms with van der Waals surface area (Å²) in [5.74, 6) is -1.17. The fourth-order valence-corrected chi connectivity index (χ4v) is 2.52. The van der Waals surface area contributed by atoms with Crippen LogP contribution in [0.5, 0.6) is 11.5 Å². The predicted molar refractivity (Wildman–Crippen MR) is 81.0 cm³/mol. The van der Waals surface area contributed by atoms with Crippen LogP contribution in [0.1, 0.15) is 22.3 Å². The Labute approximate surface area is 122 Å². The van der Waals surface area contributed by atoms with E-state index >= 15 is 0 Å². The Morgan fingerprint density at radius 3 is 2.81 bits per heavy atom. The van der Waals surface area contributed by atoms with E-state index in [2.05, 4.69) is 10.6 Å². The highest BCUT2D eigenvalue weighted by Gasteiger charge is 2.17. The van der Waals surface area contributed by atoms with E-state index in [9.17, 15) is 15.0 Å². The highest BCUT2D eigenvalue weighted by atomic mass is 16.3. The van der Waals surface area contributed by atoms with Crippen LogP contribution in [0.2, 0.25) is 0 Å². The first-order valence-electron chi connectivity index (χ1n) is 6.85. The third-order valence-corrected chi connectivity index (χ3v) is 3.58. The molecule has 0 unspecified atom stereocenters. The van der Waals surface area contributed by atoms with E-state index in [1.165, 1.54) is 23.8 Å².